The van der Waals surface area contributed by atoms with Crippen molar-refractivity contribution in [2.24, 2.45) is 0 Å². The predicted molar refractivity (Wildman–Crippen MR) is 47.5 cm³/mol. The Balaban J connectivity index is 1.94. The summed E-state index contributed by atoms with van der Waals surface area (Å²) in [4.78, 5) is 24.1. The quantitative estimate of drug-likeness (QED) is 0.360. The highest BCUT2D eigenvalue weighted by molar-refractivity contribution is 6.34. The molecule has 74 valence electrons. The van der Waals surface area contributed by atoms with Crippen molar-refractivity contribution in [2.45, 2.75) is 30.0 Å². The Morgan fingerprint density at radius 3 is 2.71 bits per heavy atom. The number of hydrogen-bond donors (Lipinski definition) is 0. The highest BCUT2D eigenvalue weighted by atomic mass is 35.5. The van der Waals surface area contributed by atoms with Crippen molar-refractivity contribution < 1.29 is 14.3 Å². The molecule has 14 heavy (non-hydrogen) atoms. The zero-order valence-electron chi connectivity index (χ0n) is 7.27. The molecule has 2 aliphatic heterocycles. The van der Waals surface area contributed by atoms with E-state index >= 15 is 0 Å². The van der Waals surface area contributed by atoms with Gasteiger partial charge in [0.25, 0.3) is 5.91 Å². The first kappa shape index (κ1) is 8.29. The smallest absolute Gasteiger partial charge is 0.333 e. The Morgan fingerprint density at radius 2 is 2.21 bits per heavy atom. The van der Waals surface area contributed by atoms with Crippen molar-refractivity contribution >= 4 is 23.5 Å². The lowest BCUT2D eigenvalue weighted by Crippen LogP contribution is -2.72. The summed E-state index contributed by atoms with van der Waals surface area (Å²) in [6.45, 7) is 0. The van der Waals surface area contributed by atoms with Gasteiger partial charge >= 0.3 is 5.97 Å². The van der Waals surface area contributed by atoms with Gasteiger partial charge in [0.05, 0.1) is 0 Å². The highest BCUT2D eigenvalue weighted by Gasteiger charge is 2.66. The average molecular weight is 214 g/mol. The number of halogens is 1. The lowest BCUT2D eigenvalue weighted by atomic mass is 9.96. The minimum Gasteiger partial charge on any atom is -0.430 e. The van der Waals surface area contributed by atoms with Gasteiger partial charge < -0.3 is 4.74 Å². The van der Waals surface area contributed by atoms with E-state index in [1.807, 2.05) is 0 Å². The minimum absolute atomic E-state index is 0.131. The number of ether oxygens (including phenoxy) is 1. The number of carbonyl (C=O) groups is 2. The van der Waals surface area contributed by atoms with Gasteiger partial charge in [-0.15, -0.1) is 11.6 Å². The number of hydrogen-bond acceptors (Lipinski definition) is 3. The largest absolute Gasteiger partial charge is 0.430 e. The van der Waals surface area contributed by atoms with Gasteiger partial charge in [-0.05, 0) is 18.9 Å². The number of likely N-dealkylation sites (tertiary alicyclic amines) is 1. The van der Waals surface area contributed by atoms with Gasteiger partial charge in [-0.1, -0.05) is 0 Å². The van der Waals surface area contributed by atoms with Crippen LogP contribution in [0.3, 0.4) is 0 Å². The molecular formula is C9H8ClNO3. The molecule has 1 amide bonds. The minimum atomic E-state index is -0.961. The molecule has 1 saturated heterocycles. The van der Waals surface area contributed by atoms with E-state index < -0.39 is 17.1 Å². The molecule has 2 fully saturated rings. The van der Waals surface area contributed by atoms with E-state index in [2.05, 4.69) is 0 Å². The number of rotatable bonds is 1. The maximum atomic E-state index is 11.5. The average Bonchev–Trinajstić information content (AvgIpc) is 2.90. The van der Waals surface area contributed by atoms with Crippen LogP contribution in [0.5, 0.6) is 0 Å². The molecule has 0 bridgehead atoms. The van der Waals surface area contributed by atoms with Crippen molar-refractivity contribution in [2.75, 3.05) is 0 Å². The van der Waals surface area contributed by atoms with Gasteiger partial charge in [-0.2, -0.15) is 0 Å². The van der Waals surface area contributed by atoms with Crippen LogP contribution in [0.4, 0.5) is 0 Å². The molecule has 3 aliphatic rings. The third kappa shape index (κ3) is 0.798. The van der Waals surface area contributed by atoms with E-state index in [0.29, 0.717) is 0 Å². The molecule has 1 aliphatic carbocycles. The van der Waals surface area contributed by atoms with Crippen LogP contribution in [0.15, 0.2) is 12.2 Å². The summed E-state index contributed by atoms with van der Waals surface area (Å²) in [6.07, 6.45) is 4.87. The molecular weight excluding hydrogens is 206 g/mol. The number of β-lactam (4-membered cyclic amide) rings is 1. The highest BCUT2D eigenvalue weighted by Crippen LogP contribution is 2.47. The second-order valence-corrected chi connectivity index (χ2v) is 4.24. The topological polar surface area (TPSA) is 46.6 Å². The summed E-state index contributed by atoms with van der Waals surface area (Å²) >= 11 is 5.87. The van der Waals surface area contributed by atoms with Crippen LogP contribution in [0.25, 0.3) is 0 Å². The zero-order chi connectivity index (χ0) is 9.92. The van der Waals surface area contributed by atoms with Crippen molar-refractivity contribution in [1.82, 2.24) is 4.90 Å². The Bertz CT molecular complexity index is 363. The Hall–Kier alpha value is -1.03. The molecule has 1 spiro atoms. The van der Waals surface area contributed by atoms with Crippen LogP contribution in [-0.2, 0) is 14.3 Å². The normalized spacial score (nSPS) is 40.4. The van der Waals surface area contributed by atoms with Crippen molar-refractivity contribution in [3.8, 4) is 0 Å². The first-order chi connectivity index (χ1) is 6.65. The summed E-state index contributed by atoms with van der Waals surface area (Å²) in [5.41, 5.74) is -0.961. The molecule has 3 rings (SSSR count). The van der Waals surface area contributed by atoms with Crippen molar-refractivity contribution in [3.05, 3.63) is 12.2 Å². The van der Waals surface area contributed by atoms with E-state index in [9.17, 15) is 9.59 Å². The Labute approximate surface area is 85.5 Å². The molecule has 4 nitrogen and oxygen atoms in total. The number of amides is 1. The second kappa shape index (κ2) is 2.31. The first-order valence-electron chi connectivity index (χ1n) is 4.54. The lowest BCUT2D eigenvalue weighted by Gasteiger charge is -2.50. The van der Waals surface area contributed by atoms with Gasteiger partial charge in [-0.3, -0.25) is 9.69 Å². The van der Waals surface area contributed by atoms with Gasteiger partial charge in [0.2, 0.25) is 5.72 Å². The molecule has 2 atom stereocenters. The van der Waals surface area contributed by atoms with Crippen molar-refractivity contribution in [1.29, 1.82) is 0 Å². The van der Waals surface area contributed by atoms with Crippen LogP contribution >= 0.6 is 11.6 Å². The number of esters is 1. The van der Waals surface area contributed by atoms with Crippen molar-refractivity contribution in [3.63, 3.8) is 0 Å². The fourth-order valence-electron chi connectivity index (χ4n) is 2.01. The van der Waals surface area contributed by atoms with E-state index in [0.717, 1.165) is 12.8 Å². The maximum Gasteiger partial charge on any atom is 0.333 e. The number of carbonyl (C=O) groups excluding carboxylic acids is 2. The Kier molecular flexibility index (Phi) is 1.37. The summed E-state index contributed by atoms with van der Waals surface area (Å²) in [5, 5.41) is -0.745. The van der Waals surface area contributed by atoms with E-state index in [1.165, 1.54) is 6.08 Å². The molecule has 2 heterocycles. The number of alkyl halides is 1. The van der Waals surface area contributed by atoms with Crippen LogP contribution in [0.2, 0.25) is 0 Å². The maximum absolute atomic E-state index is 11.5. The van der Waals surface area contributed by atoms with E-state index in [4.69, 9.17) is 16.3 Å². The summed E-state index contributed by atoms with van der Waals surface area (Å²) in [5.74, 6) is -0.553. The predicted octanol–water partition coefficient (Wildman–Crippen LogP) is 0.408. The summed E-state index contributed by atoms with van der Waals surface area (Å²) in [6, 6.07) is 0.216. The molecule has 0 aromatic rings. The van der Waals surface area contributed by atoms with E-state index in [-0.39, 0.29) is 11.9 Å². The Morgan fingerprint density at radius 1 is 1.50 bits per heavy atom. The fraction of sp³-hybridized carbons (Fsp3) is 0.556. The second-order valence-electron chi connectivity index (χ2n) is 3.81. The van der Waals surface area contributed by atoms with Crippen LogP contribution in [0.1, 0.15) is 12.8 Å². The molecule has 0 unspecified atom stereocenters. The molecule has 0 N–H and O–H groups in total. The SMILES string of the molecule is O=C1C=C[C@@]2(O1)[C@@H](Cl)C(=O)N2C1CC1. The van der Waals surface area contributed by atoms with Gasteiger partial charge in [0.1, 0.15) is 0 Å². The van der Waals surface area contributed by atoms with E-state index in [1.54, 1.807) is 11.0 Å². The first-order valence-corrected chi connectivity index (χ1v) is 4.98. The zero-order valence-corrected chi connectivity index (χ0v) is 8.03. The standard InChI is InChI=1S/C9H8ClNO3/c10-7-8(13)11(5-1-2-5)9(7)4-3-6(12)14-9/h3-5,7H,1-2H2/t7-,9+/m0/s1. The van der Waals surface area contributed by atoms with Gasteiger partial charge in [-0.25, -0.2) is 4.79 Å². The molecule has 0 radical (unpaired) electrons. The fourth-order valence-corrected chi connectivity index (χ4v) is 2.34. The van der Waals surface area contributed by atoms with Crippen LogP contribution in [0, 0.1) is 0 Å². The third-order valence-electron chi connectivity index (χ3n) is 2.83. The molecule has 0 aromatic carbocycles. The van der Waals surface area contributed by atoms with Gasteiger partial charge in [0, 0.05) is 12.1 Å². The number of nitrogens with zero attached hydrogens (tertiary/aromatic N) is 1. The molecule has 5 heteroatoms. The van der Waals surface area contributed by atoms with Crippen LogP contribution < -0.4 is 0 Å². The third-order valence-corrected chi connectivity index (χ3v) is 3.33. The molecule has 0 aromatic heterocycles. The van der Waals surface area contributed by atoms with Crippen LogP contribution in [-0.4, -0.2) is 33.9 Å². The monoisotopic (exact) mass is 213 g/mol. The van der Waals surface area contributed by atoms with Gasteiger partial charge in [0.15, 0.2) is 5.38 Å². The summed E-state index contributed by atoms with van der Waals surface area (Å²) in [7, 11) is 0. The molecule has 1 saturated carbocycles. The lowest BCUT2D eigenvalue weighted by molar-refractivity contribution is -0.196. The summed E-state index contributed by atoms with van der Waals surface area (Å²) < 4.78 is 5.10.